The second-order valence-corrected chi connectivity index (χ2v) is 6.83. The standard InChI is InChI=1S/C17H22N2O2S/c1-12-9-16(17(20)18-10-14-5-3-7-21-14)13(2)19(12)11-15-6-4-8-22-15/h4,6,8-9,14H,3,5,7,10-11H2,1-2H3,(H,18,20). The lowest BCUT2D eigenvalue weighted by atomic mass is 10.2. The van der Waals surface area contributed by atoms with Crippen molar-refractivity contribution in [3.63, 3.8) is 0 Å². The van der Waals surface area contributed by atoms with E-state index in [1.807, 2.05) is 13.0 Å². The minimum atomic E-state index is 0.000953. The van der Waals surface area contributed by atoms with Crippen molar-refractivity contribution in [2.75, 3.05) is 13.2 Å². The zero-order valence-corrected chi connectivity index (χ0v) is 13.9. The van der Waals surface area contributed by atoms with Crippen LogP contribution in [0.2, 0.25) is 0 Å². The van der Waals surface area contributed by atoms with E-state index in [1.54, 1.807) is 11.3 Å². The number of aryl methyl sites for hydroxylation is 1. The third-order valence-corrected chi connectivity index (χ3v) is 5.09. The normalized spacial score (nSPS) is 17.8. The molecule has 4 nitrogen and oxygen atoms in total. The Labute approximate surface area is 135 Å². The lowest BCUT2D eigenvalue weighted by molar-refractivity contribution is 0.0857. The van der Waals surface area contributed by atoms with Crippen molar-refractivity contribution in [3.8, 4) is 0 Å². The predicted molar refractivity (Wildman–Crippen MR) is 88.6 cm³/mol. The van der Waals surface area contributed by atoms with E-state index in [2.05, 4.69) is 34.3 Å². The Morgan fingerprint density at radius 2 is 2.36 bits per heavy atom. The third kappa shape index (κ3) is 3.25. The molecule has 0 bridgehead atoms. The monoisotopic (exact) mass is 318 g/mol. The summed E-state index contributed by atoms with van der Waals surface area (Å²) in [6.45, 7) is 6.32. The van der Waals surface area contributed by atoms with Gasteiger partial charge in [0.05, 0.1) is 18.2 Å². The van der Waals surface area contributed by atoms with Crippen LogP contribution in [0, 0.1) is 13.8 Å². The molecule has 0 aromatic carbocycles. The van der Waals surface area contributed by atoms with Crippen LogP contribution in [-0.2, 0) is 11.3 Å². The van der Waals surface area contributed by atoms with E-state index < -0.39 is 0 Å². The van der Waals surface area contributed by atoms with Crippen LogP contribution in [0.4, 0.5) is 0 Å². The van der Waals surface area contributed by atoms with Crippen molar-refractivity contribution in [3.05, 3.63) is 45.4 Å². The number of hydrogen-bond acceptors (Lipinski definition) is 3. The highest BCUT2D eigenvalue weighted by Crippen LogP contribution is 2.19. The molecule has 1 amide bonds. The molecule has 1 aliphatic rings. The summed E-state index contributed by atoms with van der Waals surface area (Å²) >= 11 is 1.74. The molecule has 3 rings (SSSR count). The number of amides is 1. The van der Waals surface area contributed by atoms with Crippen LogP contribution in [0.15, 0.2) is 23.6 Å². The summed E-state index contributed by atoms with van der Waals surface area (Å²) in [7, 11) is 0. The average Bonchev–Trinajstić information content (AvgIpc) is 3.23. The SMILES string of the molecule is Cc1cc(C(=O)NCC2CCCO2)c(C)n1Cc1cccs1. The Bertz CT molecular complexity index is 640. The zero-order valence-electron chi connectivity index (χ0n) is 13.1. The summed E-state index contributed by atoms with van der Waals surface area (Å²) < 4.78 is 7.75. The van der Waals surface area contributed by atoms with Crippen molar-refractivity contribution in [2.45, 2.75) is 39.3 Å². The van der Waals surface area contributed by atoms with Gasteiger partial charge in [-0.05, 0) is 44.2 Å². The molecular formula is C17H22N2O2S. The summed E-state index contributed by atoms with van der Waals surface area (Å²) in [6.07, 6.45) is 2.31. The summed E-state index contributed by atoms with van der Waals surface area (Å²) in [5, 5.41) is 5.09. The summed E-state index contributed by atoms with van der Waals surface area (Å²) in [6, 6.07) is 6.16. The summed E-state index contributed by atoms with van der Waals surface area (Å²) in [5.74, 6) is 0.000953. The van der Waals surface area contributed by atoms with E-state index in [1.165, 1.54) is 4.88 Å². The Morgan fingerprint density at radius 3 is 3.05 bits per heavy atom. The quantitative estimate of drug-likeness (QED) is 0.920. The van der Waals surface area contributed by atoms with E-state index in [4.69, 9.17) is 4.74 Å². The molecule has 0 saturated carbocycles. The van der Waals surface area contributed by atoms with Crippen molar-refractivity contribution in [2.24, 2.45) is 0 Å². The van der Waals surface area contributed by atoms with Crippen LogP contribution in [-0.4, -0.2) is 29.7 Å². The Hall–Kier alpha value is -1.59. The van der Waals surface area contributed by atoms with E-state index in [0.29, 0.717) is 6.54 Å². The molecule has 1 N–H and O–H groups in total. The number of thiophene rings is 1. The molecule has 2 aromatic rings. The molecule has 1 unspecified atom stereocenters. The van der Waals surface area contributed by atoms with Crippen molar-refractivity contribution < 1.29 is 9.53 Å². The molecule has 1 aliphatic heterocycles. The minimum Gasteiger partial charge on any atom is -0.376 e. The molecule has 3 heterocycles. The second kappa shape index (κ2) is 6.67. The lowest BCUT2D eigenvalue weighted by Gasteiger charge is -2.11. The smallest absolute Gasteiger partial charge is 0.253 e. The van der Waals surface area contributed by atoms with Gasteiger partial charge in [0.15, 0.2) is 0 Å². The van der Waals surface area contributed by atoms with Gasteiger partial charge >= 0.3 is 0 Å². The number of carbonyl (C=O) groups excluding carboxylic acids is 1. The van der Waals surface area contributed by atoms with Crippen LogP contribution in [0.25, 0.3) is 0 Å². The van der Waals surface area contributed by atoms with E-state index in [-0.39, 0.29) is 12.0 Å². The highest BCUT2D eigenvalue weighted by atomic mass is 32.1. The number of carbonyl (C=O) groups is 1. The first kappa shape index (κ1) is 15.3. The molecule has 5 heteroatoms. The maximum absolute atomic E-state index is 12.4. The molecule has 0 spiro atoms. The highest BCUT2D eigenvalue weighted by Gasteiger charge is 2.19. The number of nitrogens with one attached hydrogen (secondary N) is 1. The van der Waals surface area contributed by atoms with Gasteiger partial charge < -0.3 is 14.6 Å². The Morgan fingerprint density at radius 1 is 1.50 bits per heavy atom. The second-order valence-electron chi connectivity index (χ2n) is 5.80. The average molecular weight is 318 g/mol. The van der Waals surface area contributed by atoms with Gasteiger partial charge in [0.25, 0.3) is 5.91 Å². The number of hydrogen-bond donors (Lipinski definition) is 1. The molecule has 1 fully saturated rings. The van der Waals surface area contributed by atoms with Crippen LogP contribution < -0.4 is 5.32 Å². The minimum absolute atomic E-state index is 0.000953. The van der Waals surface area contributed by atoms with Gasteiger partial charge in [-0.25, -0.2) is 0 Å². The fraction of sp³-hybridized carbons (Fsp3) is 0.471. The first-order chi connectivity index (χ1) is 10.6. The summed E-state index contributed by atoms with van der Waals surface area (Å²) in [5.41, 5.74) is 2.91. The number of nitrogens with zero attached hydrogens (tertiary/aromatic N) is 1. The van der Waals surface area contributed by atoms with E-state index >= 15 is 0 Å². The topological polar surface area (TPSA) is 43.3 Å². The third-order valence-electron chi connectivity index (χ3n) is 4.23. The van der Waals surface area contributed by atoms with Crippen molar-refractivity contribution in [1.29, 1.82) is 0 Å². The molecule has 2 aromatic heterocycles. The molecular weight excluding hydrogens is 296 g/mol. The number of rotatable bonds is 5. The van der Waals surface area contributed by atoms with Crippen LogP contribution in [0.1, 0.15) is 39.5 Å². The van der Waals surface area contributed by atoms with Gasteiger partial charge in [-0.3, -0.25) is 4.79 Å². The first-order valence-electron chi connectivity index (χ1n) is 7.74. The fourth-order valence-corrected chi connectivity index (χ4v) is 3.63. The zero-order chi connectivity index (χ0) is 15.5. The molecule has 118 valence electrons. The molecule has 0 radical (unpaired) electrons. The molecule has 22 heavy (non-hydrogen) atoms. The van der Waals surface area contributed by atoms with Crippen LogP contribution in [0.3, 0.4) is 0 Å². The molecule has 1 atom stereocenters. The maximum Gasteiger partial charge on any atom is 0.253 e. The number of ether oxygens (including phenoxy) is 1. The van der Waals surface area contributed by atoms with Gasteiger partial charge in [-0.1, -0.05) is 6.07 Å². The number of aromatic nitrogens is 1. The van der Waals surface area contributed by atoms with Gasteiger partial charge in [0, 0.05) is 29.4 Å². The van der Waals surface area contributed by atoms with Crippen molar-refractivity contribution in [1.82, 2.24) is 9.88 Å². The van der Waals surface area contributed by atoms with Gasteiger partial charge in [0.2, 0.25) is 0 Å². The Kier molecular flexibility index (Phi) is 4.64. The van der Waals surface area contributed by atoms with Gasteiger partial charge in [-0.2, -0.15) is 0 Å². The maximum atomic E-state index is 12.4. The summed E-state index contributed by atoms with van der Waals surface area (Å²) in [4.78, 5) is 13.7. The van der Waals surface area contributed by atoms with Gasteiger partial charge in [0.1, 0.15) is 0 Å². The van der Waals surface area contributed by atoms with Crippen molar-refractivity contribution >= 4 is 17.2 Å². The molecule has 1 saturated heterocycles. The lowest BCUT2D eigenvalue weighted by Crippen LogP contribution is -2.32. The van der Waals surface area contributed by atoms with Crippen LogP contribution in [0.5, 0.6) is 0 Å². The fourth-order valence-electron chi connectivity index (χ4n) is 2.94. The first-order valence-corrected chi connectivity index (χ1v) is 8.62. The Balaban J connectivity index is 1.69. The van der Waals surface area contributed by atoms with E-state index in [0.717, 1.165) is 42.9 Å². The van der Waals surface area contributed by atoms with Gasteiger partial charge in [-0.15, -0.1) is 11.3 Å². The largest absolute Gasteiger partial charge is 0.376 e. The molecule has 0 aliphatic carbocycles. The predicted octanol–water partition coefficient (Wildman–Crippen LogP) is 3.12. The van der Waals surface area contributed by atoms with Crippen LogP contribution >= 0.6 is 11.3 Å². The highest BCUT2D eigenvalue weighted by molar-refractivity contribution is 7.09. The van der Waals surface area contributed by atoms with E-state index in [9.17, 15) is 4.79 Å².